The van der Waals surface area contributed by atoms with Gasteiger partial charge in [-0.05, 0) is 48.3 Å². The van der Waals surface area contributed by atoms with Gasteiger partial charge in [0.05, 0.1) is 4.90 Å². The number of hydrogen-bond acceptors (Lipinski definition) is 5. The van der Waals surface area contributed by atoms with Crippen molar-refractivity contribution >= 4 is 33.0 Å². The standard InChI is InChI=1S/C16H13ClN2O2S2/c1-11-5-7-14(8-6-11)23(20,21)16-18-15(19-22-16)10-12-3-2-4-13(17)9-12/h2-9H,10H2,1H3. The highest BCUT2D eigenvalue weighted by Gasteiger charge is 2.22. The number of hydrogen-bond donors (Lipinski definition) is 0. The lowest BCUT2D eigenvalue weighted by molar-refractivity contribution is 0.595. The first-order valence-corrected chi connectivity index (χ1v) is 9.47. The van der Waals surface area contributed by atoms with Crippen molar-refractivity contribution in [3.05, 3.63) is 70.5 Å². The third-order valence-corrected chi connectivity index (χ3v) is 6.37. The Morgan fingerprint density at radius 1 is 1.13 bits per heavy atom. The van der Waals surface area contributed by atoms with Crippen LogP contribution in [-0.4, -0.2) is 17.8 Å². The van der Waals surface area contributed by atoms with Crippen molar-refractivity contribution in [1.29, 1.82) is 0 Å². The molecule has 0 saturated carbocycles. The Balaban J connectivity index is 1.87. The van der Waals surface area contributed by atoms with Gasteiger partial charge >= 0.3 is 0 Å². The molecule has 0 spiro atoms. The highest BCUT2D eigenvalue weighted by atomic mass is 35.5. The smallest absolute Gasteiger partial charge is 0.216 e. The van der Waals surface area contributed by atoms with E-state index in [0.717, 1.165) is 22.7 Å². The van der Waals surface area contributed by atoms with Crippen LogP contribution in [-0.2, 0) is 16.3 Å². The number of rotatable bonds is 4. The zero-order valence-corrected chi connectivity index (χ0v) is 14.6. The van der Waals surface area contributed by atoms with E-state index in [0.29, 0.717) is 17.3 Å². The van der Waals surface area contributed by atoms with Crippen LogP contribution in [0.3, 0.4) is 0 Å². The third-order valence-electron chi connectivity index (χ3n) is 3.26. The summed E-state index contributed by atoms with van der Waals surface area (Å²) in [5.74, 6) is 0.475. The van der Waals surface area contributed by atoms with Crippen molar-refractivity contribution in [2.75, 3.05) is 0 Å². The van der Waals surface area contributed by atoms with Gasteiger partial charge in [-0.3, -0.25) is 0 Å². The SMILES string of the molecule is Cc1ccc(S(=O)(=O)c2nc(Cc3cccc(Cl)c3)ns2)cc1. The predicted octanol–water partition coefficient (Wildman–Crippen LogP) is 3.92. The van der Waals surface area contributed by atoms with E-state index in [4.69, 9.17) is 11.6 Å². The Kier molecular flexibility index (Phi) is 4.48. The Morgan fingerprint density at radius 3 is 2.57 bits per heavy atom. The Morgan fingerprint density at radius 2 is 1.87 bits per heavy atom. The molecule has 0 aliphatic heterocycles. The number of sulfone groups is 1. The summed E-state index contributed by atoms with van der Waals surface area (Å²) in [6.45, 7) is 1.91. The Bertz CT molecular complexity index is 935. The Labute approximate surface area is 143 Å². The van der Waals surface area contributed by atoms with Crippen LogP contribution in [0.1, 0.15) is 17.0 Å². The lowest BCUT2D eigenvalue weighted by atomic mass is 10.1. The first kappa shape index (κ1) is 16.1. The van der Waals surface area contributed by atoms with Gasteiger partial charge in [-0.2, -0.15) is 4.37 Å². The van der Waals surface area contributed by atoms with Gasteiger partial charge in [0.25, 0.3) is 0 Å². The zero-order valence-electron chi connectivity index (χ0n) is 12.2. The second-order valence-corrected chi connectivity index (χ2v) is 8.41. The highest BCUT2D eigenvalue weighted by molar-refractivity contribution is 7.93. The fourth-order valence-corrected chi connectivity index (χ4v) is 4.43. The summed E-state index contributed by atoms with van der Waals surface area (Å²) < 4.78 is 29.3. The molecule has 3 rings (SSSR count). The summed E-state index contributed by atoms with van der Waals surface area (Å²) in [6.07, 6.45) is 0.445. The van der Waals surface area contributed by atoms with Crippen LogP contribution in [0.5, 0.6) is 0 Å². The molecule has 0 saturated heterocycles. The van der Waals surface area contributed by atoms with Crippen molar-refractivity contribution in [2.24, 2.45) is 0 Å². The minimum atomic E-state index is -3.62. The summed E-state index contributed by atoms with van der Waals surface area (Å²) in [4.78, 5) is 4.41. The molecule has 0 radical (unpaired) electrons. The summed E-state index contributed by atoms with van der Waals surface area (Å²) in [7, 11) is -3.62. The van der Waals surface area contributed by atoms with Crippen LogP contribution < -0.4 is 0 Å². The molecule has 0 bridgehead atoms. The molecule has 7 heteroatoms. The molecule has 2 aromatic carbocycles. The lowest BCUT2D eigenvalue weighted by Crippen LogP contribution is -2.02. The maximum Gasteiger partial charge on any atom is 0.235 e. The van der Waals surface area contributed by atoms with Gasteiger partial charge in [0.1, 0.15) is 5.82 Å². The topological polar surface area (TPSA) is 59.9 Å². The van der Waals surface area contributed by atoms with E-state index in [-0.39, 0.29) is 9.24 Å². The van der Waals surface area contributed by atoms with Gasteiger partial charge in [0.2, 0.25) is 14.2 Å². The number of aryl methyl sites for hydroxylation is 1. The monoisotopic (exact) mass is 364 g/mol. The second-order valence-electron chi connectivity index (χ2n) is 5.10. The number of aromatic nitrogens is 2. The van der Waals surface area contributed by atoms with Crippen LogP contribution in [0.2, 0.25) is 5.02 Å². The van der Waals surface area contributed by atoms with E-state index in [1.54, 1.807) is 30.3 Å². The largest absolute Gasteiger partial charge is 0.235 e. The molecule has 118 valence electrons. The maximum atomic E-state index is 12.6. The number of nitrogens with zero attached hydrogens (tertiary/aromatic N) is 2. The first-order chi connectivity index (χ1) is 10.9. The normalized spacial score (nSPS) is 11.6. The average Bonchev–Trinajstić information content (AvgIpc) is 2.97. The summed E-state index contributed by atoms with van der Waals surface area (Å²) in [5, 5.41) is 0.630. The maximum absolute atomic E-state index is 12.6. The molecular formula is C16H13ClN2O2S2. The Hall–Kier alpha value is -1.76. The summed E-state index contributed by atoms with van der Waals surface area (Å²) in [5.41, 5.74) is 1.94. The van der Waals surface area contributed by atoms with E-state index in [1.165, 1.54) is 0 Å². The molecule has 0 fully saturated rings. The molecule has 0 amide bonds. The summed E-state index contributed by atoms with van der Waals surface area (Å²) >= 11 is 6.84. The minimum absolute atomic E-state index is 0.0124. The lowest BCUT2D eigenvalue weighted by Gasteiger charge is -2.00. The van der Waals surface area contributed by atoms with Crippen LogP contribution in [0, 0.1) is 6.92 Å². The number of benzene rings is 2. The predicted molar refractivity (Wildman–Crippen MR) is 90.8 cm³/mol. The molecule has 1 aromatic heterocycles. The number of halogens is 1. The molecule has 4 nitrogen and oxygen atoms in total. The fraction of sp³-hybridized carbons (Fsp3) is 0.125. The quantitative estimate of drug-likeness (QED) is 0.703. The van der Waals surface area contributed by atoms with E-state index in [2.05, 4.69) is 9.36 Å². The van der Waals surface area contributed by atoms with Gasteiger partial charge in [0, 0.05) is 11.4 Å². The van der Waals surface area contributed by atoms with E-state index >= 15 is 0 Å². The van der Waals surface area contributed by atoms with Gasteiger partial charge in [0.15, 0.2) is 0 Å². The molecule has 1 heterocycles. The van der Waals surface area contributed by atoms with E-state index in [1.807, 2.05) is 25.1 Å². The molecule has 0 N–H and O–H groups in total. The second kappa shape index (κ2) is 6.39. The van der Waals surface area contributed by atoms with Crippen LogP contribution in [0.4, 0.5) is 0 Å². The van der Waals surface area contributed by atoms with Gasteiger partial charge in [-0.25, -0.2) is 13.4 Å². The molecule has 23 heavy (non-hydrogen) atoms. The van der Waals surface area contributed by atoms with Crippen LogP contribution in [0.15, 0.2) is 57.8 Å². The van der Waals surface area contributed by atoms with Gasteiger partial charge in [-0.15, -0.1) is 0 Å². The molecule has 0 aliphatic rings. The molecule has 0 unspecified atom stereocenters. The van der Waals surface area contributed by atoms with Crippen molar-refractivity contribution in [3.8, 4) is 0 Å². The van der Waals surface area contributed by atoms with Crippen LogP contribution in [0.25, 0.3) is 0 Å². The van der Waals surface area contributed by atoms with E-state index in [9.17, 15) is 8.42 Å². The van der Waals surface area contributed by atoms with E-state index < -0.39 is 9.84 Å². The van der Waals surface area contributed by atoms with Gasteiger partial charge < -0.3 is 0 Å². The highest BCUT2D eigenvalue weighted by Crippen LogP contribution is 2.23. The van der Waals surface area contributed by atoms with Crippen molar-refractivity contribution < 1.29 is 8.42 Å². The molecular weight excluding hydrogens is 352 g/mol. The molecule has 0 aliphatic carbocycles. The van der Waals surface area contributed by atoms with Crippen molar-refractivity contribution in [1.82, 2.24) is 9.36 Å². The molecule has 0 atom stereocenters. The van der Waals surface area contributed by atoms with Crippen LogP contribution >= 0.6 is 23.1 Å². The minimum Gasteiger partial charge on any atom is -0.216 e. The van der Waals surface area contributed by atoms with Gasteiger partial charge in [-0.1, -0.05) is 41.4 Å². The molecule has 3 aromatic rings. The average molecular weight is 365 g/mol. The third kappa shape index (κ3) is 3.60. The fourth-order valence-electron chi connectivity index (χ4n) is 2.07. The van der Waals surface area contributed by atoms with Crippen molar-refractivity contribution in [3.63, 3.8) is 0 Å². The zero-order chi connectivity index (χ0) is 16.4. The first-order valence-electron chi connectivity index (χ1n) is 6.84. The summed E-state index contributed by atoms with van der Waals surface area (Å²) in [6, 6.07) is 14.0. The van der Waals surface area contributed by atoms with Crippen molar-refractivity contribution in [2.45, 2.75) is 22.6 Å².